The summed E-state index contributed by atoms with van der Waals surface area (Å²) in [7, 11) is -3.37. The van der Waals surface area contributed by atoms with Gasteiger partial charge in [0, 0.05) is 6.26 Å². The second kappa shape index (κ2) is 3.31. The lowest BCUT2D eigenvalue weighted by atomic mass is 10.2. The number of hydrogen-bond acceptors (Lipinski definition) is 4. The Labute approximate surface area is 89.9 Å². The molecule has 1 heterocycles. The maximum absolute atomic E-state index is 11.4. The number of sulfone groups is 1. The van der Waals surface area contributed by atoms with E-state index in [1.807, 2.05) is 4.98 Å². The van der Waals surface area contributed by atoms with Crippen LogP contribution < -0.4 is 11.2 Å². The number of hydrogen-bond donors (Lipinski definition) is 2. The summed E-state index contributed by atoms with van der Waals surface area (Å²) in [6.07, 6.45) is 1.05. The zero-order valence-corrected chi connectivity index (χ0v) is 9.09. The number of H-pyrrole nitrogens is 2. The van der Waals surface area contributed by atoms with Crippen molar-refractivity contribution in [1.82, 2.24) is 9.97 Å². The molecule has 0 spiro atoms. The summed E-state index contributed by atoms with van der Waals surface area (Å²) in [4.78, 5) is 26.8. The van der Waals surface area contributed by atoms with Crippen molar-refractivity contribution >= 4 is 20.7 Å². The lowest BCUT2D eigenvalue weighted by Gasteiger charge is -2.00. The second-order valence-corrected chi connectivity index (χ2v) is 5.40. The van der Waals surface area contributed by atoms with Crippen molar-refractivity contribution in [1.29, 1.82) is 0 Å². The minimum Gasteiger partial charge on any atom is -0.307 e. The lowest BCUT2D eigenvalue weighted by molar-refractivity contribution is 0.602. The molecular weight excluding hydrogens is 232 g/mol. The van der Waals surface area contributed by atoms with Crippen molar-refractivity contribution in [2.45, 2.75) is 4.90 Å². The summed E-state index contributed by atoms with van der Waals surface area (Å²) in [6, 6.07) is 3.97. The first-order valence-electron chi connectivity index (χ1n) is 4.34. The molecule has 0 aliphatic heterocycles. The molecule has 16 heavy (non-hydrogen) atoms. The van der Waals surface area contributed by atoms with E-state index in [4.69, 9.17) is 0 Å². The van der Waals surface area contributed by atoms with Gasteiger partial charge in [0.15, 0.2) is 9.84 Å². The smallest absolute Gasteiger partial charge is 0.307 e. The second-order valence-electron chi connectivity index (χ2n) is 3.39. The highest BCUT2D eigenvalue weighted by molar-refractivity contribution is 7.90. The Bertz CT molecular complexity index is 770. The first-order chi connectivity index (χ1) is 7.38. The Morgan fingerprint density at radius 3 is 2.44 bits per heavy atom. The van der Waals surface area contributed by atoms with Crippen LogP contribution in [0.1, 0.15) is 0 Å². The van der Waals surface area contributed by atoms with E-state index >= 15 is 0 Å². The molecule has 0 bridgehead atoms. The van der Waals surface area contributed by atoms with Crippen LogP contribution in [0, 0.1) is 0 Å². The Morgan fingerprint density at radius 1 is 1.12 bits per heavy atom. The standard InChI is InChI=1S/C9H8N2O4S/c1-16(14,15)5-2-3-7-6(4-5)8(12)11-9(13)10-7/h2-4H,1H3,(H2,10,11,12,13). The average Bonchev–Trinajstić information content (AvgIpc) is 2.15. The van der Waals surface area contributed by atoms with Crippen LogP contribution in [-0.4, -0.2) is 24.6 Å². The molecule has 0 fully saturated rings. The van der Waals surface area contributed by atoms with Gasteiger partial charge < -0.3 is 4.98 Å². The summed E-state index contributed by atoms with van der Waals surface area (Å²) >= 11 is 0. The summed E-state index contributed by atoms with van der Waals surface area (Å²) < 4.78 is 22.5. The van der Waals surface area contributed by atoms with Crippen LogP contribution >= 0.6 is 0 Å². The molecular formula is C9H8N2O4S. The normalized spacial score (nSPS) is 11.8. The Hall–Kier alpha value is -1.89. The zero-order valence-electron chi connectivity index (χ0n) is 8.27. The molecule has 6 nitrogen and oxygen atoms in total. The van der Waals surface area contributed by atoms with Crippen LogP contribution in [0.25, 0.3) is 10.9 Å². The van der Waals surface area contributed by atoms with E-state index in [0.29, 0.717) is 5.52 Å². The van der Waals surface area contributed by atoms with Crippen molar-refractivity contribution in [3.05, 3.63) is 39.0 Å². The third-order valence-corrected chi connectivity index (χ3v) is 3.25. The first kappa shape index (κ1) is 10.6. The summed E-state index contributed by atoms with van der Waals surface area (Å²) in [6.45, 7) is 0. The maximum Gasteiger partial charge on any atom is 0.326 e. The highest BCUT2D eigenvalue weighted by atomic mass is 32.2. The van der Waals surface area contributed by atoms with Crippen LogP contribution in [0.5, 0.6) is 0 Å². The molecule has 0 atom stereocenters. The van der Waals surface area contributed by atoms with Gasteiger partial charge in [-0.05, 0) is 18.2 Å². The SMILES string of the molecule is CS(=O)(=O)c1ccc2[nH]c(=O)[nH]c(=O)c2c1. The van der Waals surface area contributed by atoms with Crippen LogP contribution in [-0.2, 0) is 9.84 Å². The van der Waals surface area contributed by atoms with E-state index in [-0.39, 0.29) is 10.3 Å². The number of nitrogens with one attached hydrogen (secondary N) is 2. The molecule has 0 unspecified atom stereocenters. The van der Waals surface area contributed by atoms with Gasteiger partial charge in [-0.25, -0.2) is 13.2 Å². The molecule has 84 valence electrons. The number of rotatable bonds is 1. The fourth-order valence-corrected chi connectivity index (χ4v) is 2.02. The van der Waals surface area contributed by atoms with Gasteiger partial charge in [0.1, 0.15) is 0 Å². The molecule has 1 aromatic carbocycles. The van der Waals surface area contributed by atoms with Gasteiger partial charge in [-0.1, -0.05) is 0 Å². The molecule has 7 heteroatoms. The predicted octanol–water partition coefficient (Wildman–Crippen LogP) is -0.380. The quantitative estimate of drug-likeness (QED) is 0.709. The molecule has 1 aromatic heterocycles. The van der Waals surface area contributed by atoms with Crippen LogP contribution in [0.2, 0.25) is 0 Å². The predicted molar refractivity (Wildman–Crippen MR) is 58.3 cm³/mol. The molecule has 0 radical (unpaired) electrons. The van der Waals surface area contributed by atoms with Crippen molar-refractivity contribution in [2.24, 2.45) is 0 Å². The summed E-state index contributed by atoms with van der Waals surface area (Å²) in [5.74, 6) is 0. The molecule has 0 aliphatic rings. The lowest BCUT2D eigenvalue weighted by Crippen LogP contribution is -2.22. The number of fused-ring (bicyclic) bond motifs is 1. The van der Waals surface area contributed by atoms with E-state index in [1.54, 1.807) is 0 Å². The Kier molecular flexibility index (Phi) is 2.20. The van der Waals surface area contributed by atoms with Crippen LogP contribution in [0.4, 0.5) is 0 Å². The van der Waals surface area contributed by atoms with Crippen molar-refractivity contribution in [3.63, 3.8) is 0 Å². The van der Waals surface area contributed by atoms with Gasteiger partial charge >= 0.3 is 5.69 Å². The van der Waals surface area contributed by atoms with E-state index in [0.717, 1.165) is 6.26 Å². The first-order valence-corrected chi connectivity index (χ1v) is 6.23. The van der Waals surface area contributed by atoms with E-state index in [9.17, 15) is 18.0 Å². The molecule has 2 N–H and O–H groups in total. The van der Waals surface area contributed by atoms with Gasteiger partial charge in [-0.2, -0.15) is 0 Å². The Balaban J connectivity index is 2.93. The molecule has 2 rings (SSSR count). The minimum atomic E-state index is -3.37. The monoisotopic (exact) mass is 240 g/mol. The van der Waals surface area contributed by atoms with E-state index in [1.165, 1.54) is 18.2 Å². The third kappa shape index (κ3) is 1.76. The maximum atomic E-state index is 11.4. The Morgan fingerprint density at radius 2 is 1.81 bits per heavy atom. The van der Waals surface area contributed by atoms with Gasteiger partial charge in [0.25, 0.3) is 5.56 Å². The third-order valence-electron chi connectivity index (χ3n) is 2.14. The highest BCUT2D eigenvalue weighted by Crippen LogP contribution is 2.13. The topological polar surface area (TPSA) is 99.9 Å². The minimum absolute atomic E-state index is 0.0394. The number of aromatic nitrogens is 2. The van der Waals surface area contributed by atoms with E-state index in [2.05, 4.69) is 4.98 Å². The van der Waals surface area contributed by atoms with Crippen LogP contribution in [0.15, 0.2) is 32.7 Å². The largest absolute Gasteiger partial charge is 0.326 e. The average molecular weight is 240 g/mol. The molecule has 0 amide bonds. The molecule has 0 aliphatic carbocycles. The number of aromatic amines is 2. The van der Waals surface area contributed by atoms with Crippen molar-refractivity contribution in [2.75, 3.05) is 6.26 Å². The van der Waals surface area contributed by atoms with Gasteiger partial charge in [-0.15, -0.1) is 0 Å². The van der Waals surface area contributed by atoms with Gasteiger partial charge in [0.2, 0.25) is 0 Å². The fraction of sp³-hybridized carbons (Fsp3) is 0.111. The zero-order chi connectivity index (χ0) is 11.9. The van der Waals surface area contributed by atoms with Gasteiger partial charge in [0.05, 0.1) is 15.8 Å². The highest BCUT2D eigenvalue weighted by Gasteiger charge is 2.09. The number of benzene rings is 1. The van der Waals surface area contributed by atoms with Crippen molar-refractivity contribution in [3.8, 4) is 0 Å². The summed E-state index contributed by atoms with van der Waals surface area (Å²) in [5, 5.41) is 0.141. The molecule has 0 saturated heterocycles. The van der Waals surface area contributed by atoms with Crippen LogP contribution in [0.3, 0.4) is 0 Å². The summed E-state index contributed by atoms with van der Waals surface area (Å²) in [5.41, 5.74) is -0.921. The molecule has 0 saturated carbocycles. The van der Waals surface area contributed by atoms with E-state index < -0.39 is 21.1 Å². The fourth-order valence-electron chi connectivity index (χ4n) is 1.37. The van der Waals surface area contributed by atoms with Crippen molar-refractivity contribution < 1.29 is 8.42 Å². The van der Waals surface area contributed by atoms with Gasteiger partial charge in [-0.3, -0.25) is 9.78 Å². The molecule has 2 aromatic rings.